The molecule has 4 aromatic carbocycles. The molecule has 0 atom stereocenters. The summed E-state index contributed by atoms with van der Waals surface area (Å²) in [6, 6.07) is 44.2. The Morgan fingerprint density at radius 1 is 0.400 bits per heavy atom. The average Bonchev–Trinajstić information content (AvgIpc) is 3.55. The SMILES string of the molecule is [CH]1C=CC=C1.[Cl][Ni].c1ccc(P(CCP(c2ccccc2)c2ccccc2)c2ccccc2)cc1. The fourth-order valence-electron chi connectivity index (χ4n) is 3.77. The van der Waals surface area contributed by atoms with E-state index in [0.29, 0.717) is 0 Å². The first-order valence-electron chi connectivity index (χ1n) is 11.5. The van der Waals surface area contributed by atoms with Gasteiger partial charge in [-0.05, 0) is 49.4 Å². The van der Waals surface area contributed by atoms with Gasteiger partial charge in [-0.2, -0.15) is 0 Å². The predicted octanol–water partition coefficient (Wildman–Crippen LogP) is 7.26. The maximum absolute atomic E-state index is 4.26. The van der Waals surface area contributed by atoms with Gasteiger partial charge in [0.25, 0.3) is 0 Å². The van der Waals surface area contributed by atoms with E-state index in [1.54, 1.807) is 0 Å². The second kappa shape index (κ2) is 16.6. The van der Waals surface area contributed by atoms with Crippen molar-refractivity contribution in [3.8, 4) is 0 Å². The Labute approximate surface area is 225 Å². The van der Waals surface area contributed by atoms with E-state index in [0.717, 1.165) is 0 Å². The molecule has 0 aromatic heterocycles. The normalized spacial score (nSPS) is 11.6. The van der Waals surface area contributed by atoms with Gasteiger partial charge in [0.15, 0.2) is 0 Å². The van der Waals surface area contributed by atoms with Crippen LogP contribution in [0.25, 0.3) is 0 Å². The Kier molecular flexibility index (Phi) is 13.1. The molecular formula is C31H29ClNiP2. The summed E-state index contributed by atoms with van der Waals surface area (Å²) in [6.45, 7) is 0. The van der Waals surface area contributed by atoms with E-state index in [2.05, 4.69) is 146 Å². The molecule has 4 heteroatoms. The molecule has 1 aliphatic rings. The van der Waals surface area contributed by atoms with Crippen molar-refractivity contribution in [3.05, 3.63) is 152 Å². The summed E-state index contributed by atoms with van der Waals surface area (Å²) in [6.07, 6.45) is 12.4. The molecule has 4 aromatic rings. The summed E-state index contributed by atoms with van der Waals surface area (Å²) >= 11 is 3.35. The Hall–Kier alpha value is -2.00. The Bertz CT molecular complexity index is 962. The summed E-state index contributed by atoms with van der Waals surface area (Å²) in [7, 11) is 3.57. The van der Waals surface area contributed by atoms with Crippen LogP contribution < -0.4 is 21.2 Å². The first-order chi connectivity index (χ1) is 17.4. The van der Waals surface area contributed by atoms with Crippen molar-refractivity contribution in [3.63, 3.8) is 0 Å². The van der Waals surface area contributed by atoms with Crippen molar-refractivity contribution in [2.75, 3.05) is 12.3 Å². The number of hydrogen-bond donors (Lipinski definition) is 0. The molecule has 1 radical (unpaired) electrons. The summed E-state index contributed by atoms with van der Waals surface area (Å²) in [4.78, 5) is 0. The molecule has 180 valence electrons. The molecule has 0 bridgehead atoms. The Balaban J connectivity index is 0.000000428. The molecule has 5 rings (SSSR count). The van der Waals surface area contributed by atoms with E-state index in [1.807, 2.05) is 30.7 Å². The fourth-order valence-corrected chi connectivity index (χ4v) is 9.12. The second-order valence-corrected chi connectivity index (χ2v) is 12.3. The molecule has 0 unspecified atom stereocenters. The minimum atomic E-state index is -0.348. The fraction of sp³-hybridized carbons (Fsp3) is 0.0645. The predicted molar refractivity (Wildman–Crippen MR) is 156 cm³/mol. The van der Waals surface area contributed by atoms with Crippen LogP contribution in [0.3, 0.4) is 0 Å². The van der Waals surface area contributed by atoms with Gasteiger partial charge in [-0.3, -0.25) is 0 Å². The Morgan fingerprint density at radius 3 is 0.857 bits per heavy atom. The van der Waals surface area contributed by atoms with E-state index in [9.17, 15) is 0 Å². The smallest absolute Gasteiger partial charge is 0.0195 e. The van der Waals surface area contributed by atoms with E-state index in [1.165, 1.54) is 33.5 Å². The van der Waals surface area contributed by atoms with Gasteiger partial charge in [0.2, 0.25) is 0 Å². The molecule has 0 aliphatic heterocycles. The molecule has 35 heavy (non-hydrogen) atoms. The van der Waals surface area contributed by atoms with Gasteiger partial charge in [-0.1, -0.05) is 146 Å². The zero-order valence-corrected chi connectivity index (χ0v) is 23.0. The molecule has 0 fully saturated rings. The maximum atomic E-state index is 4.26. The summed E-state index contributed by atoms with van der Waals surface area (Å²) in [5, 5.41) is 5.89. The van der Waals surface area contributed by atoms with Crippen molar-refractivity contribution >= 4 is 47.3 Å². The molecule has 0 amide bonds. The zero-order chi connectivity index (χ0) is 24.6. The van der Waals surface area contributed by atoms with Crippen LogP contribution in [0.1, 0.15) is 0 Å². The monoisotopic (exact) mass is 556 g/mol. The van der Waals surface area contributed by atoms with Gasteiger partial charge in [0, 0.05) is 6.42 Å². The summed E-state index contributed by atoms with van der Waals surface area (Å²) < 4.78 is 0. The molecule has 0 N–H and O–H groups in total. The van der Waals surface area contributed by atoms with Gasteiger partial charge < -0.3 is 0 Å². The molecule has 0 saturated heterocycles. The van der Waals surface area contributed by atoms with E-state index >= 15 is 0 Å². The average molecular weight is 558 g/mol. The van der Waals surface area contributed by atoms with Gasteiger partial charge in [-0.15, -0.1) is 0 Å². The Morgan fingerprint density at radius 2 is 0.657 bits per heavy atom. The minimum Gasteiger partial charge on any atom is -0.0622 e. The van der Waals surface area contributed by atoms with Gasteiger partial charge >= 0.3 is 24.8 Å². The van der Waals surface area contributed by atoms with Crippen LogP contribution in [-0.4, -0.2) is 12.3 Å². The van der Waals surface area contributed by atoms with Gasteiger partial charge in [0.1, 0.15) is 0 Å². The van der Waals surface area contributed by atoms with E-state index in [-0.39, 0.29) is 15.8 Å². The van der Waals surface area contributed by atoms with E-state index in [4.69, 9.17) is 0 Å². The first-order valence-corrected chi connectivity index (χ1v) is 15.9. The van der Waals surface area contributed by atoms with Crippen LogP contribution in [0.5, 0.6) is 0 Å². The summed E-state index contributed by atoms with van der Waals surface area (Å²) in [5.74, 6) is 0. The van der Waals surface area contributed by atoms with Crippen molar-refractivity contribution in [1.82, 2.24) is 0 Å². The van der Waals surface area contributed by atoms with Gasteiger partial charge in [-0.25, -0.2) is 0 Å². The largest absolute Gasteiger partial charge is 0.0622 e. The number of rotatable bonds is 7. The molecule has 0 nitrogen and oxygen atoms in total. The van der Waals surface area contributed by atoms with Crippen LogP contribution in [-0.2, 0) is 14.6 Å². The standard InChI is InChI=1S/C26H24P2.C5H5.ClH.Ni/c1-5-13-23(14-6-1)27(24-15-7-2-8-16-24)21-22-28(25-17-9-3-10-18-25)26-19-11-4-12-20-26;1-2-4-5-3-1;;/h1-20H,21-22H2;1-5H;1H;/q;;;+1/p-1. The topological polar surface area (TPSA) is 0 Å². The van der Waals surface area contributed by atoms with Crippen LogP contribution >= 0.6 is 26.0 Å². The van der Waals surface area contributed by atoms with Crippen molar-refractivity contribution in [2.24, 2.45) is 0 Å². The van der Waals surface area contributed by atoms with Crippen LogP contribution in [0.4, 0.5) is 0 Å². The minimum absolute atomic E-state index is 0.348. The second-order valence-electron chi connectivity index (χ2n) is 7.61. The summed E-state index contributed by atoms with van der Waals surface area (Å²) in [5.41, 5.74) is 0. The van der Waals surface area contributed by atoms with Crippen LogP contribution in [0, 0.1) is 6.42 Å². The first kappa shape index (κ1) is 27.6. The number of halogens is 1. The van der Waals surface area contributed by atoms with Crippen molar-refractivity contribution in [2.45, 2.75) is 0 Å². The quantitative estimate of drug-likeness (QED) is 0.166. The number of hydrogen-bond acceptors (Lipinski definition) is 0. The molecular weight excluding hydrogens is 528 g/mol. The molecule has 1 aliphatic carbocycles. The zero-order valence-electron chi connectivity index (χ0n) is 19.4. The van der Waals surface area contributed by atoms with Gasteiger partial charge in [0.05, 0.1) is 0 Å². The van der Waals surface area contributed by atoms with Crippen LogP contribution in [0.15, 0.2) is 146 Å². The van der Waals surface area contributed by atoms with E-state index < -0.39 is 0 Å². The number of allylic oxidation sites excluding steroid dienone is 4. The van der Waals surface area contributed by atoms with Crippen molar-refractivity contribution in [1.29, 1.82) is 0 Å². The third-order valence-electron chi connectivity index (χ3n) is 5.37. The van der Waals surface area contributed by atoms with Crippen LogP contribution in [0.2, 0.25) is 0 Å². The molecule has 0 heterocycles. The maximum Gasteiger partial charge on any atom is -0.0195 e. The third-order valence-corrected chi connectivity index (χ3v) is 10.8. The molecule has 0 spiro atoms. The van der Waals surface area contributed by atoms with Crippen molar-refractivity contribution < 1.29 is 14.6 Å². The third kappa shape index (κ3) is 9.19. The molecule has 0 saturated carbocycles. The number of benzene rings is 4.